The highest BCUT2D eigenvalue weighted by Crippen LogP contribution is 2.26. The van der Waals surface area contributed by atoms with Gasteiger partial charge in [-0.05, 0) is 17.7 Å². The lowest BCUT2D eigenvalue weighted by atomic mass is 9.85. The first kappa shape index (κ1) is 16.4. The Morgan fingerprint density at radius 2 is 1.75 bits per heavy atom. The summed E-state index contributed by atoms with van der Waals surface area (Å²) >= 11 is 0. The van der Waals surface area contributed by atoms with Gasteiger partial charge in [0.1, 0.15) is 0 Å². The van der Waals surface area contributed by atoms with Crippen molar-refractivity contribution >= 4 is 11.6 Å². The molecule has 0 saturated carbocycles. The lowest BCUT2D eigenvalue weighted by molar-refractivity contribution is -0.163. The van der Waals surface area contributed by atoms with Gasteiger partial charge in [-0.25, -0.2) is 8.78 Å². The smallest absolute Gasteiger partial charge is 0.330 e. The third-order valence-corrected chi connectivity index (χ3v) is 3.01. The third-order valence-electron chi connectivity index (χ3n) is 3.01. The standard InChI is InChI=1S/C13H16F4N2O/c1-12(2,7-18)8-3-5-9(6-4-8)19-11(20)13(16,17)10(14)15/h3-6,10H,7,18H2,1-2H3,(H,19,20). The fourth-order valence-electron chi connectivity index (χ4n) is 1.44. The van der Waals surface area contributed by atoms with Gasteiger partial charge in [0.15, 0.2) is 0 Å². The van der Waals surface area contributed by atoms with Gasteiger partial charge in [0.05, 0.1) is 0 Å². The van der Waals surface area contributed by atoms with Crippen LogP contribution in [0.5, 0.6) is 0 Å². The number of carbonyl (C=O) groups excluding carboxylic acids is 1. The van der Waals surface area contributed by atoms with Crippen LogP contribution in [0.4, 0.5) is 23.2 Å². The Bertz CT molecular complexity index is 472. The monoisotopic (exact) mass is 292 g/mol. The van der Waals surface area contributed by atoms with Crippen LogP contribution in [0.25, 0.3) is 0 Å². The number of benzene rings is 1. The third kappa shape index (κ3) is 3.47. The second-order valence-electron chi connectivity index (χ2n) is 5.04. The van der Waals surface area contributed by atoms with E-state index in [2.05, 4.69) is 0 Å². The van der Waals surface area contributed by atoms with E-state index in [0.717, 1.165) is 5.56 Å². The second kappa shape index (κ2) is 5.78. The number of amides is 1. The average Bonchev–Trinajstić information content (AvgIpc) is 2.39. The molecule has 1 aromatic rings. The van der Waals surface area contributed by atoms with Crippen molar-refractivity contribution in [2.45, 2.75) is 31.6 Å². The average molecular weight is 292 g/mol. The summed E-state index contributed by atoms with van der Waals surface area (Å²) in [5.74, 6) is -6.74. The minimum absolute atomic E-state index is 0.0203. The van der Waals surface area contributed by atoms with Crippen LogP contribution in [-0.4, -0.2) is 24.8 Å². The first-order valence-electron chi connectivity index (χ1n) is 5.89. The van der Waals surface area contributed by atoms with Crippen LogP contribution < -0.4 is 11.1 Å². The predicted molar refractivity (Wildman–Crippen MR) is 68.1 cm³/mol. The van der Waals surface area contributed by atoms with Gasteiger partial charge in [0, 0.05) is 17.6 Å². The SMILES string of the molecule is CC(C)(CN)c1ccc(NC(=O)C(F)(F)C(F)F)cc1. The number of hydrogen-bond acceptors (Lipinski definition) is 2. The molecule has 3 N–H and O–H groups in total. The fourth-order valence-corrected chi connectivity index (χ4v) is 1.44. The molecule has 1 rings (SSSR count). The Kier molecular flexibility index (Phi) is 4.75. The molecule has 0 unspecified atom stereocenters. The van der Waals surface area contributed by atoms with Gasteiger partial charge in [0.2, 0.25) is 0 Å². The molecule has 7 heteroatoms. The highest BCUT2D eigenvalue weighted by molar-refractivity contribution is 5.96. The van der Waals surface area contributed by atoms with Crippen molar-refractivity contribution in [1.82, 2.24) is 0 Å². The van der Waals surface area contributed by atoms with E-state index in [4.69, 9.17) is 5.73 Å². The van der Waals surface area contributed by atoms with Gasteiger partial charge < -0.3 is 11.1 Å². The van der Waals surface area contributed by atoms with Crippen LogP contribution in [0.15, 0.2) is 24.3 Å². The van der Waals surface area contributed by atoms with E-state index in [1.165, 1.54) is 12.1 Å². The topological polar surface area (TPSA) is 55.1 Å². The van der Waals surface area contributed by atoms with Gasteiger partial charge >= 0.3 is 18.3 Å². The molecule has 0 aromatic heterocycles. The van der Waals surface area contributed by atoms with Gasteiger partial charge in [0.25, 0.3) is 0 Å². The molecular formula is C13H16F4N2O. The summed E-state index contributed by atoms with van der Waals surface area (Å²) in [4.78, 5) is 11.1. The first-order chi connectivity index (χ1) is 9.11. The fraction of sp³-hybridized carbons (Fsp3) is 0.462. The van der Waals surface area contributed by atoms with Crippen molar-refractivity contribution in [3.05, 3.63) is 29.8 Å². The summed E-state index contributed by atoms with van der Waals surface area (Å²) in [5.41, 5.74) is 6.15. The normalized spacial score (nSPS) is 12.6. The van der Waals surface area contributed by atoms with Gasteiger partial charge in [-0.15, -0.1) is 0 Å². The number of hydrogen-bond donors (Lipinski definition) is 2. The van der Waals surface area contributed by atoms with Crippen LogP contribution in [0.1, 0.15) is 19.4 Å². The quantitative estimate of drug-likeness (QED) is 0.820. The number of alkyl halides is 4. The van der Waals surface area contributed by atoms with Crippen LogP contribution in [0, 0.1) is 0 Å². The Hall–Kier alpha value is -1.63. The molecule has 0 spiro atoms. The Morgan fingerprint density at radius 3 is 2.15 bits per heavy atom. The molecular weight excluding hydrogens is 276 g/mol. The Labute approximate surface area is 114 Å². The van der Waals surface area contributed by atoms with Crippen molar-refractivity contribution < 1.29 is 22.4 Å². The number of anilines is 1. The van der Waals surface area contributed by atoms with Crippen molar-refractivity contribution in [3.63, 3.8) is 0 Å². The molecule has 20 heavy (non-hydrogen) atoms. The summed E-state index contributed by atoms with van der Waals surface area (Å²) in [5, 5.41) is 1.76. The molecule has 112 valence electrons. The van der Waals surface area contributed by atoms with Gasteiger partial charge in [-0.2, -0.15) is 8.78 Å². The molecule has 0 saturated heterocycles. The molecule has 0 aliphatic rings. The molecule has 3 nitrogen and oxygen atoms in total. The Morgan fingerprint density at radius 1 is 1.25 bits per heavy atom. The molecule has 1 aromatic carbocycles. The van der Waals surface area contributed by atoms with Crippen molar-refractivity contribution in [1.29, 1.82) is 0 Å². The lowest BCUT2D eigenvalue weighted by Crippen LogP contribution is -2.41. The molecule has 0 atom stereocenters. The number of rotatable bonds is 5. The van der Waals surface area contributed by atoms with E-state index in [-0.39, 0.29) is 11.1 Å². The van der Waals surface area contributed by atoms with Crippen LogP contribution in [0.3, 0.4) is 0 Å². The lowest BCUT2D eigenvalue weighted by Gasteiger charge is -2.23. The molecule has 1 amide bonds. The van der Waals surface area contributed by atoms with Crippen molar-refractivity contribution in [2.24, 2.45) is 5.73 Å². The van der Waals surface area contributed by atoms with Gasteiger partial charge in [-0.1, -0.05) is 26.0 Å². The van der Waals surface area contributed by atoms with Crippen LogP contribution in [0.2, 0.25) is 0 Å². The molecule has 0 bridgehead atoms. The largest absolute Gasteiger partial charge is 0.383 e. The predicted octanol–water partition coefficient (Wildman–Crippen LogP) is 2.76. The molecule has 0 radical (unpaired) electrons. The summed E-state index contributed by atoms with van der Waals surface area (Å²) in [6.45, 7) is 4.17. The van der Waals surface area contributed by atoms with E-state index in [9.17, 15) is 22.4 Å². The maximum Gasteiger partial charge on any atom is 0.383 e. The maximum atomic E-state index is 12.8. The number of carbonyl (C=O) groups is 1. The second-order valence-corrected chi connectivity index (χ2v) is 5.04. The summed E-state index contributed by atoms with van der Waals surface area (Å²) in [6, 6.07) is 5.93. The summed E-state index contributed by atoms with van der Waals surface area (Å²) < 4.78 is 49.6. The highest BCUT2D eigenvalue weighted by atomic mass is 19.3. The zero-order valence-corrected chi connectivity index (χ0v) is 11.1. The number of halogens is 4. The van der Waals surface area contributed by atoms with E-state index >= 15 is 0 Å². The van der Waals surface area contributed by atoms with E-state index < -0.39 is 18.3 Å². The van der Waals surface area contributed by atoms with E-state index in [0.29, 0.717) is 6.54 Å². The highest BCUT2D eigenvalue weighted by Gasteiger charge is 2.48. The minimum atomic E-state index is -4.71. The number of nitrogens with one attached hydrogen (secondary N) is 1. The van der Waals surface area contributed by atoms with E-state index in [1.807, 2.05) is 13.8 Å². The zero-order valence-electron chi connectivity index (χ0n) is 11.1. The maximum absolute atomic E-state index is 12.8. The van der Waals surface area contributed by atoms with Crippen LogP contribution in [-0.2, 0) is 10.2 Å². The van der Waals surface area contributed by atoms with Crippen LogP contribution >= 0.6 is 0 Å². The zero-order chi connectivity index (χ0) is 15.6. The molecule has 0 aliphatic heterocycles. The molecule has 0 aliphatic carbocycles. The first-order valence-corrected chi connectivity index (χ1v) is 5.89. The minimum Gasteiger partial charge on any atom is -0.330 e. The van der Waals surface area contributed by atoms with E-state index in [1.54, 1.807) is 17.4 Å². The van der Waals surface area contributed by atoms with Gasteiger partial charge in [-0.3, -0.25) is 4.79 Å². The number of nitrogens with two attached hydrogens (primary N) is 1. The summed E-state index contributed by atoms with van der Waals surface area (Å²) in [6.07, 6.45) is -4.04. The molecule has 0 fully saturated rings. The van der Waals surface area contributed by atoms with Crippen molar-refractivity contribution in [2.75, 3.05) is 11.9 Å². The molecule has 0 heterocycles. The van der Waals surface area contributed by atoms with Crippen molar-refractivity contribution in [3.8, 4) is 0 Å². The Balaban J connectivity index is 2.84. The summed E-state index contributed by atoms with van der Waals surface area (Å²) in [7, 11) is 0.